The average Bonchev–Trinajstić information content (AvgIpc) is 2.30. The first-order chi connectivity index (χ1) is 4.77. The van der Waals surface area contributed by atoms with E-state index in [-0.39, 0.29) is 19.3 Å². The molecule has 1 heterocycles. The molecule has 0 bridgehead atoms. The van der Waals surface area contributed by atoms with Crippen LogP contribution >= 0.6 is 0 Å². The third-order valence-corrected chi connectivity index (χ3v) is 1.68. The van der Waals surface area contributed by atoms with Crippen molar-refractivity contribution in [1.29, 1.82) is 0 Å². The van der Waals surface area contributed by atoms with Gasteiger partial charge in [0.2, 0.25) is 0 Å². The van der Waals surface area contributed by atoms with Crippen LogP contribution < -0.4 is 0 Å². The zero-order chi connectivity index (χ0) is 7.56. The maximum atomic E-state index is 9.09. The standard InChI is InChI=1S/C6H12O4/c7-2-4-1-5(9)6(3-8)10-4/h4-9H,1-3H2/t4?,5-,6?/m1/s1. The van der Waals surface area contributed by atoms with Gasteiger partial charge in [0.25, 0.3) is 0 Å². The van der Waals surface area contributed by atoms with E-state index in [2.05, 4.69) is 0 Å². The average molecular weight is 148 g/mol. The molecule has 1 fully saturated rings. The Kier molecular flexibility index (Phi) is 2.62. The summed E-state index contributed by atoms with van der Waals surface area (Å²) in [5.41, 5.74) is 0. The van der Waals surface area contributed by atoms with Crippen molar-refractivity contribution in [3.63, 3.8) is 0 Å². The van der Waals surface area contributed by atoms with Crippen LogP contribution in [0, 0.1) is 0 Å². The normalized spacial score (nSPS) is 40.5. The molecule has 10 heavy (non-hydrogen) atoms. The molecule has 1 saturated heterocycles. The fourth-order valence-electron chi connectivity index (χ4n) is 1.10. The van der Waals surface area contributed by atoms with Gasteiger partial charge in [-0.2, -0.15) is 0 Å². The van der Waals surface area contributed by atoms with Crippen LogP contribution in [0.1, 0.15) is 6.42 Å². The monoisotopic (exact) mass is 148 g/mol. The molecule has 1 rings (SSSR count). The van der Waals surface area contributed by atoms with Crippen LogP contribution in [0.25, 0.3) is 0 Å². The number of hydrogen-bond donors (Lipinski definition) is 3. The van der Waals surface area contributed by atoms with Gasteiger partial charge in [-0.3, -0.25) is 0 Å². The molecule has 3 atom stereocenters. The summed E-state index contributed by atoms with van der Waals surface area (Å²) in [4.78, 5) is 0. The van der Waals surface area contributed by atoms with Crippen LogP contribution in [0.5, 0.6) is 0 Å². The minimum Gasteiger partial charge on any atom is -0.394 e. The topological polar surface area (TPSA) is 69.9 Å². The molecule has 3 N–H and O–H groups in total. The van der Waals surface area contributed by atoms with E-state index < -0.39 is 12.2 Å². The molecule has 1 aliphatic rings. The van der Waals surface area contributed by atoms with Gasteiger partial charge in [0.05, 0.1) is 25.4 Å². The SMILES string of the molecule is OCC1C[C@@H](O)C(CO)O1. The smallest absolute Gasteiger partial charge is 0.107 e. The van der Waals surface area contributed by atoms with Crippen LogP contribution in [-0.2, 0) is 4.74 Å². The Morgan fingerprint density at radius 1 is 1.30 bits per heavy atom. The van der Waals surface area contributed by atoms with E-state index in [9.17, 15) is 0 Å². The number of ether oxygens (including phenoxy) is 1. The summed E-state index contributed by atoms with van der Waals surface area (Å²) in [5.74, 6) is 0. The quantitative estimate of drug-likeness (QED) is 0.445. The number of rotatable bonds is 2. The Bertz CT molecular complexity index is 106. The van der Waals surface area contributed by atoms with Crippen molar-refractivity contribution in [1.82, 2.24) is 0 Å². The second-order valence-corrected chi connectivity index (χ2v) is 2.46. The summed E-state index contributed by atoms with van der Waals surface area (Å²) in [6.45, 7) is -0.273. The second kappa shape index (κ2) is 3.30. The Morgan fingerprint density at radius 3 is 2.30 bits per heavy atom. The molecule has 0 amide bonds. The molecule has 0 spiro atoms. The van der Waals surface area contributed by atoms with Gasteiger partial charge in [-0.1, -0.05) is 0 Å². The van der Waals surface area contributed by atoms with Gasteiger partial charge < -0.3 is 20.1 Å². The van der Waals surface area contributed by atoms with Crippen molar-refractivity contribution in [2.75, 3.05) is 13.2 Å². The molecule has 0 aromatic carbocycles. The fourth-order valence-corrected chi connectivity index (χ4v) is 1.10. The highest BCUT2D eigenvalue weighted by atomic mass is 16.5. The predicted octanol–water partition coefficient (Wildman–Crippen LogP) is -1.51. The van der Waals surface area contributed by atoms with Gasteiger partial charge in [0.1, 0.15) is 6.10 Å². The van der Waals surface area contributed by atoms with Crippen molar-refractivity contribution in [3.8, 4) is 0 Å². The molecule has 2 unspecified atom stereocenters. The Morgan fingerprint density at radius 2 is 2.00 bits per heavy atom. The minimum atomic E-state index is -0.623. The molecule has 0 radical (unpaired) electrons. The summed E-state index contributed by atoms with van der Waals surface area (Å²) in [6.07, 6.45) is -1.01. The molecule has 4 heteroatoms. The summed E-state index contributed by atoms with van der Waals surface area (Å²) in [6, 6.07) is 0. The van der Waals surface area contributed by atoms with Crippen molar-refractivity contribution in [2.24, 2.45) is 0 Å². The zero-order valence-corrected chi connectivity index (χ0v) is 5.60. The molecule has 0 aromatic heterocycles. The summed E-state index contributed by atoms with van der Waals surface area (Å²) in [5, 5.41) is 26.3. The minimum absolute atomic E-state index is 0.0897. The van der Waals surface area contributed by atoms with E-state index >= 15 is 0 Å². The Hall–Kier alpha value is -0.160. The maximum absolute atomic E-state index is 9.09. The fraction of sp³-hybridized carbons (Fsp3) is 1.00. The van der Waals surface area contributed by atoms with Crippen LogP contribution in [-0.4, -0.2) is 46.8 Å². The maximum Gasteiger partial charge on any atom is 0.107 e. The highest BCUT2D eigenvalue weighted by Gasteiger charge is 2.32. The van der Waals surface area contributed by atoms with E-state index in [0.717, 1.165) is 0 Å². The largest absolute Gasteiger partial charge is 0.394 e. The number of aliphatic hydroxyl groups excluding tert-OH is 3. The molecule has 0 aliphatic carbocycles. The lowest BCUT2D eigenvalue weighted by Crippen LogP contribution is -2.24. The third kappa shape index (κ3) is 1.46. The number of aliphatic hydroxyl groups is 3. The van der Waals surface area contributed by atoms with Crippen molar-refractivity contribution >= 4 is 0 Å². The predicted molar refractivity (Wildman–Crippen MR) is 33.5 cm³/mol. The van der Waals surface area contributed by atoms with E-state index in [4.69, 9.17) is 20.1 Å². The number of hydrogen-bond acceptors (Lipinski definition) is 4. The summed E-state index contributed by atoms with van der Waals surface area (Å²) >= 11 is 0. The van der Waals surface area contributed by atoms with Crippen LogP contribution in [0.4, 0.5) is 0 Å². The zero-order valence-electron chi connectivity index (χ0n) is 5.60. The third-order valence-electron chi connectivity index (χ3n) is 1.68. The van der Waals surface area contributed by atoms with Gasteiger partial charge in [0.15, 0.2) is 0 Å². The van der Waals surface area contributed by atoms with Gasteiger partial charge in [-0.15, -0.1) is 0 Å². The van der Waals surface area contributed by atoms with Gasteiger partial charge in [-0.25, -0.2) is 0 Å². The van der Waals surface area contributed by atoms with Crippen LogP contribution in [0.2, 0.25) is 0 Å². The van der Waals surface area contributed by atoms with Crippen molar-refractivity contribution < 1.29 is 20.1 Å². The molecule has 1 aliphatic heterocycles. The Labute approximate surface area is 59.1 Å². The van der Waals surface area contributed by atoms with Crippen LogP contribution in [0.3, 0.4) is 0 Å². The molecule has 0 saturated carbocycles. The first-order valence-corrected chi connectivity index (χ1v) is 3.33. The van der Waals surface area contributed by atoms with Crippen LogP contribution in [0.15, 0.2) is 0 Å². The molecule has 60 valence electrons. The lowest BCUT2D eigenvalue weighted by Gasteiger charge is -2.09. The second-order valence-electron chi connectivity index (χ2n) is 2.46. The lowest BCUT2D eigenvalue weighted by molar-refractivity contribution is -0.0355. The van der Waals surface area contributed by atoms with E-state index in [1.54, 1.807) is 0 Å². The molecule has 4 nitrogen and oxygen atoms in total. The van der Waals surface area contributed by atoms with E-state index in [0.29, 0.717) is 6.42 Å². The first kappa shape index (κ1) is 7.94. The van der Waals surface area contributed by atoms with Gasteiger partial charge in [0, 0.05) is 6.42 Å². The van der Waals surface area contributed by atoms with Gasteiger partial charge >= 0.3 is 0 Å². The van der Waals surface area contributed by atoms with E-state index in [1.165, 1.54) is 0 Å². The molecule has 0 aromatic rings. The lowest BCUT2D eigenvalue weighted by atomic mass is 10.1. The summed E-state index contributed by atoms with van der Waals surface area (Å²) in [7, 11) is 0. The highest BCUT2D eigenvalue weighted by Crippen LogP contribution is 2.19. The van der Waals surface area contributed by atoms with Crippen molar-refractivity contribution in [3.05, 3.63) is 0 Å². The van der Waals surface area contributed by atoms with E-state index in [1.807, 2.05) is 0 Å². The van der Waals surface area contributed by atoms with Gasteiger partial charge in [-0.05, 0) is 0 Å². The first-order valence-electron chi connectivity index (χ1n) is 3.33. The molecular formula is C6H12O4. The highest BCUT2D eigenvalue weighted by molar-refractivity contribution is 4.80. The Balaban J connectivity index is 2.36. The molecular weight excluding hydrogens is 136 g/mol. The summed E-state index contributed by atoms with van der Waals surface area (Å²) < 4.78 is 5.02. The van der Waals surface area contributed by atoms with Crippen molar-refractivity contribution in [2.45, 2.75) is 24.7 Å².